The number of methoxy groups -OCH3 is 1. The Morgan fingerprint density at radius 2 is 2.00 bits per heavy atom. The van der Waals surface area contributed by atoms with Gasteiger partial charge in [-0.1, -0.05) is 43.2 Å². The standard InChI is InChI=1S/C24H30N2O4/c1-15(2)26-14-24-13-10-18(30-24)19(20(24)22(26)28)21(27)25-23(11-6-7-12-23)16-8-4-5-9-17(16)29-3/h4-5,8-10,13,15,18-20H,6-7,11-12,14H2,1-3H3,(H,25,27)/t18-,19+,20-,24-/m1/s1. The van der Waals surface area contributed by atoms with Gasteiger partial charge in [0.2, 0.25) is 11.8 Å². The van der Waals surface area contributed by atoms with E-state index in [0.29, 0.717) is 6.54 Å². The fourth-order valence-electron chi connectivity index (χ4n) is 6.06. The molecule has 1 N–H and O–H groups in total. The molecule has 4 aliphatic rings. The van der Waals surface area contributed by atoms with Gasteiger partial charge in [-0.05, 0) is 32.8 Å². The van der Waals surface area contributed by atoms with Gasteiger partial charge in [0, 0.05) is 11.6 Å². The number of carbonyl (C=O) groups excluding carboxylic acids is 2. The summed E-state index contributed by atoms with van der Waals surface area (Å²) in [4.78, 5) is 28.8. The number of carbonyl (C=O) groups is 2. The normalized spacial score (nSPS) is 33.4. The lowest BCUT2D eigenvalue weighted by molar-refractivity contribution is -0.139. The Morgan fingerprint density at radius 1 is 1.27 bits per heavy atom. The average Bonchev–Trinajstić information content (AvgIpc) is 3.49. The van der Waals surface area contributed by atoms with E-state index in [4.69, 9.17) is 9.47 Å². The summed E-state index contributed by atoms with van der Waals surface area (Å²) in [5, 5.41) is 3.38. The van der Waals surface area contributed by atoms with E-state index in [-0.39, 0.29) is 24.0 Å². The number of para-hydroxylation sites is 1. The van der Waals surface area contributed by atoms with Crippen LogP contribution in [0.1, 0.15) is 45.1 Å². The summed E-state index contributed by atoms with van der Waals surface area (Å²) in [6, 6.07) is 8.02. The maximum absolute atomic E-state index is 13.7. The summed E-state index contributed by atoms with van der Waals surface area (Å²) in [6.45, 7) is 4.55. The van der Waals surface area contributed by atoms with Gasteiger partial charge in [-0.2, -0.15) is 0 Å². The molecule has 5 rings (SSSR count). The minimum atomic E-state index is -0.651. The van der Waals surface area contributed by atoms with Gasteiger partial charge in [-0.15, -0.1) is 0 Å². The number of hydrogen-bond donors (Lipinski definition) is 1. The predicted octanol–water partition coefficient (Wildman–Crippen LogP) is 2.77. The molecule has 1 saturated carbocycles. The van der Waals surface area contributed by atoms with Crippen molar-refractivity contribution in [2.45, 2.75) is 62.8 Å². The highest BCUT2D eigenvalue weighted by Crippen LogP contribution is 2.53. The van der Waals surface area contributed by atoms with E-state index in [2.05, 4.69) is 5.32 Å². The van der Waals surface area contributed by atoms with Crippen LogP contribution in [-0.2, 0) is 19.9 Å². The molecule has 1 aliphatic carbocycles. The minimum absolute atomic E-state index is 0.0368. The highest BCUT2D eigenvalue weighted by molar-refractivity contribution is 5.93. The van der Waals surface area contributed by atoms with Crippen LogP contribution >= 0.6 is 0 Å². The van der Waals surface area contributed by atoms with Crippen molar-refractivity contribution < 1.29 is 19.1 Å². The molecule has 6 heteroatoms. The Labute approximate surface area is 177 Å². The molecule has 30 heavy (non-hydrogen) atoms. The first-order chi connectivity index (χ1) is 14.4. The highest BCUT2D eigenvalue weighted by atomic mass is 16.5. The molecule has 160 valence electrons. The van der Waals surface area contributed by atoms with Crippen molar-refractivity contribution in [2.75, 3.05) is 13.7 Å². The van der Waals surface area contributed by atoms with Gasteiger partial charge in [0.05, 0.1) is 37.1 Å². The quantitative estimate of drug-likeness (QED) is 0.758. The number of fused-ring (bicyclic) bond motifs is 1. The average molecular weight is 411 g/mol. The number of benzene rings is 1. The van der Waals surface area contributed by atoms with Crippen LogP contribution in [0.25, 0.3) is 0 Å². The molecule has 1 aromatic rings. The molecular formula is C24H30N2O4. The summed E-state index contributed by atoms with van der Waals surface area (Å²) in [5.74, 6) is -0.176. The van der Waals surface area contributed by atoms with Crippen LogP contribution in [0, 0.1) is 11.8 Å². The molecule has 1 aromatic carbocycles. The molecule has 0 aromatic heterocycles. The fourth-order valence-corrected chi connectivity index (χ4v) is 6.06. The van der Waals surface area contributed by atoms with E-state index in [1.165, 1.54) is 0 Å². The molecule has 4 atom stereocenters. The van der Waals surface area contributed by atoms with Crippen LogP contribution in [0.5, 0.6) is 5.75 Å². The Balaban J connectivity index is 1.46. The molecular weight excluding hydrogens is 380 g/mol. The van der Waals surface area contributed by atoms with E-state index >= 15 is 0 Å². The lowest BCUT2D eigenvalue weighted by atomic mass is 9.76. The zero-order valence-electron chi connectivity index (χ0n) is 17.9. The van der Waals surface area contributed by atoms with Crippen molar-refractivity contribution in [2.24, 2.45) is 11.8 Å². The first-order valence-electron chi connectivity index (χ1n) is 11.0. The number of amides is 2. The van der Waals surface area contributed by atoms with Crippen LogP contribution in [-0.4, -0.2) is 48.1 Å². The number of likely N-dealkylation sites (tertiary alicyclic amines) is 1. The summed E-state index contributed by atoms with van der Waals surface area (Å²) in [5.41, 5.74) is -0.0856. The highest BCUT2D eigenvalue weighted by Gasteiger charge is 2.67. The second-order valence-electron chi connectivity index (χ2n) is 9.44. The SMILES string of the molecule is COc1ccccc1C1(NC(=O)[C@H]2[C@H]3C=C[C@]4(CN(C(C)C)C(=O)[C@@H]24)O3)CCCC1. The molecule has 0 radical (unpaired) electrons. The van der Waals surface area contributed by atoms with E-state index in [1.807, 2.05) is 55.2 Å². The zero-order chi connectivity index (χ0) is 21.1. The van der Waals surface area contributed by atoms with Crippen LogP contribution in [0.4, 0.5) is 0 Å². The third kappa shape index (κ3) is 2.66. The first-order valence-corrected chi connectivity index (χ1v) is 11.0. The summed E-state index contributed by atoms with van der Waals surface area (Å²) in [7, 11) is 1.67. The minimum Gasteiger partial charge on any atom is -0.496 e. The number of rotatable bonds is 5. The molecule has 3 fully saturated rings. The van der Waals surface area contributed by atoms with Gasteiger partial charge in [0.15, 0.2) is 0 Å². The summed E-state index contributed by atoms with van der Waals surface area (Å²) >= 11 is 0. The van der Waals surface area contributed by atoms with Gasteiger partial charge >= 0.3 is 0 Å². The lowest BCUT2D eigenvalue weighted by Crippen LogP contribution is -2.51. The lowest BCUT2D eigenvalue weighted by Gasteiger charge is -2.35. The topological polar surface area (TPSA) is 67.9 Å². The number of nitrogens with zero attached hydrogens (tertiary/aromatic N) is 1. The van der Waals surface area contributed by atoms with Gasteiger partial charge in [0.25, 0.3) is 0 Å². The Morgan fingerprint density at radius 3 is 2.70 bits per heavy atom. The molecule has 3 heterocycles. The monoisotopic (exact) mass is 410 g/mol. The molecule has 1 spiro atoms. The van der Waals surface area contributed by atoms with Crippen molar-refractivity contribution in [1.29, 1.82) is 0 Å². The van der Waals surface area contributed by atoms with Crippen LogP contribution in [0.15, 0.2) is 36.4 Å². The number of nitrogens with one attached hydrogen (secondary N) is 1. The molecule has 6 nitrogen and oxygen atoms in total. The Kier molecular flexibility index (Phi) is 4.47. The fraction of sp³-hybridized carbons (Fsp3) is 0.583. The summed E-state index contributed by atoms with van der Waals surface area (Å²) in [6.07, 6.45) is 7.50. The van der Waals surface area contributed by atoms with Gasteiger partial charge in [0.1, 0.15) is 11.4 Å². The van der Waals surface area contributed by atoms with E-state index in [1.54, 1.807) is 7.11 Å². The Hall–Kier alpha value is -2.34. The van der Waals surface area contributed by atoms with Gasteiger partial charge in [-0.3, -0.25) is 9.59 Å². The van der Waals surface area contributed by atoms with E-state index in [9.17, 15) is 9.59 Å². The molecule has 0 unspecified atom stereocenters. The van der Waals surface area contributed by atoms with Gasteiger partial charge < -0.3 is 19.7 Å². The first kappa shape index (κ1) is 19.6. The van der Waals surface area contributed by atoms with Crippen molar-refractivity contribution in [3.8, 4) is 5.75 Å². The Bertz CT molecular complexity index is 904. The van der Waals surface area contributed by atoms with Crippen LogP contribution in [0.2, 0.25) is 0 Å². The maximum atomic E-state index is 13.7. The molecule has 2 bridgehead atoms. The van der Waals surface area contributed by atoms with Crippen molar-refractivity contribution in [1.82, 2.24) is 10.2 Å². The predicted molar refractivity (Wildman–Crippen MR) is 112 cm³/mol. The largest absolute Gasteiger partial charge is 0.496 e. The van der Waals surface area contributed by atoms with E-state index in [0.717, 1.165) is 37.0 Å². The van der Waals surface area contributed by atoms with Crippen LogP contribution < -0.4 is 10.1 Å². The third-order valence-corrected chi connectivity index (χ3v) is 7.50. The second kappa shape index (κ2) is 6.84. The van der Waals surface area contributed by atoms with Gasteiger partial charge in [-0.25, -0.2) is 0 Å². The number of ether oxygens (including phenoxy) is 2. The maximum Gasteiger partial charge on any atom is 0.230 e. The summed E-state index contributed by atoms with van der Waals surface area (Å²) < 4.78 is 11.9. The molecule has 2 amide bonds. The number of hydrogen-bond acceptors (Lipinski definition) is 4. The van der Waals surface area contributed by atoms with Crippen LogP contribution in [0.3, 0.4) is 0 Å². The molecule has 2 saturated heterocycles. The third-order valence-electron chi connectivity index (χ3n) is 7.50. The zero-order valence-corrected chi connectivity index (χ0v) is 17.9. The van der Waals surface area contributed by atoms with Crippen molar-refractivity contribution in [3.63, 3.8) is 0 Å². The molecule has 3 aliphatic heterocycles. The second-order valence-corrected chi connectivity index (χ2v) is 9.44. The van der Waals surface area contributed by atoms with Crippen molar-refractivity contribution in [3.05, 3.63) is 42.0 Å². The van der Waals surface area contributed by atoms with Crippen molar-refractivity contribution >= 4 is 11.8 Å². The van der Waals surface area contributed by atoms with E-state index < -0.39 is 23.0 Å². The smallest absolute Gasteiger partial charge is 0.230 e.